The molecule has 1 aliphatic rings. The summed E-state index contributed by atoms with van der Waals surface area (Å²) >= 11 is 6.03. The Morgan fingerprint density at radius 1 is 1.35 bits per heavy atom. The summed E-state index contributed by atoms with van der Waals surface area (Å²) in [7, 11) is 0. The number of carbonyl (C=O) groups is 2. The molecule has 0 radical (unpaired) electrons. The largest absolute Gasteiger partial charge is 0.335 e. The molecule has 0 saturated carbocycles. The number of Topliss-reactive ketones (excluding diaryl/α,β-unsaturated/α-hetero) is 1. The Kier molecular flexibility index (Phi) is 5.18. The van der Waals surface area contributed by atoms with Crippen LogP contribution in [-0.4, -0.2) is 29.7 Å². The molecule has 1 saturated heterocycles. The number of nitrogens with zero attached hydrogens (tertiary/aromatic N) is 1. The van der Waals surface area contributed by atoms with Crippen molar-refractivity contribution in [2.24, 2.45) is 5.92 Å². The molecule has 1 aliphatic heterocycles. The molecule has 20 heavy (non-hydrogen) atoms. The van der Waals surface area contributed by atoms with Crippen molar-refractivity contribution in [3.8, 4) is 0 Å². The zero-order chi connectivity index (χ0) is 14.5. The average Bonchev–Trinajstić information content (AvgIpc) is 2.62. The van der Waals surface area contributed by atoms with Crippen molar-refractivity contribution in [3.05, 3.63) is 34.9 Å². The fourth-order valence-corrected chi connectivity index (χ4v) is 2.86. The van der Waals surface area contributed by atoms with Gasteiger partial charge in [-0.1, -0.05) is 37.1 Å². The lowest BCUT2D eigenvalue weighted by Gasteiger charge is -2.20. The van der Waals surface area contributed by atoms with E-state index in [1.807, 2.05) is 0 Å². The maximum Gasteiger partial charge on any atom is 0.222 e. The standard InChI is InChI=1S/C16H20ClNO2/c1-2-12-7-8-16(20)18(10-9-12)11-15(19)13-5-3-4-6-14(13)17/h3-6,12H,2,7-11H2,1H3. The van der Waals surface area contributed by atoms with Gasteiger partial charge in [-0.25, -0.2) is 0 Å². The van der Waals surface area contributed by atoms with Gasteiger partial charge in [-0.2, -0.15) is 0 Å². The summed E-state index contributed by atoms with van der Waals surface area (Å²) in [6.45, 7) is 2.96. The van der Waals surface area contributed by atoms with Crippen LogP contribution < -0.4 is 0 Å². The number of ketones is 1. The van der Waals surface area contributed by atoms with Gasteiger partial charge in [-0.15, -0.1) is 0 Å². The van der Waals surface area contributed by atoms with Crippen LogP contribution in [0.5, 0.6) is 0 Å². The lowest BCUT2D eigenvalue weighted by molar-refractivity contribution is -0.130. The number of rotatable bonds is 4. The summed E-state index contributed by atoms with van der Waals surface area (Å²) in [5, 5.41) is 0.450. The molecule has 0 aliphatic carbocycles. The molecule has 1 aromatic rings. The smallest absolute Gasteiger partial charge is 0.222 e. The van der Waals surface area contributed by atoms with Gasteiger partial charge in [0.1, 0.15) is 0 Å². The number of carbonyl (C=O) groups excluding carboxylic acids is 2. The van der Waals surface area contributed by atoms with Crippen molar-refractivity contribution in [2.75, 3.05) is 13.1 Å². The van der Waals surface area contributed by atoms with Crippen LogP contribution in [0.15, 0.2) is 24.3 Å². The van der Waals surface area contributed by atoms with Crippen LogP contribution >= 0.6 is 11.6 Å². The molecule has 108 valence electrons. The van der Waals surface area contributed by atoms with Crippen molar-refractivity contribution < 1.29 is 9.59 Å². The van der Waals surface area contributed by atoms with Crippen molar-refractivity contribution in [2.45, 2.75) is 32.6 Å². The van der Waals surface area contributed by atoms with E-state index in [0.29, 0.717) is 29.5 Å². The second-order valence-corrected chi connectivity index (χ2v) is 5.73. The maximum absolute atomic E-state index is 12.3. The van der Waals surface area contributed by atoms with Crippen LogP contribution in [0.2, 0.25) is 5.02 Å². The van der Waals surface area contributed by atoms with Crippen molar-refractivity contribution >= 4 is 23.3 Å². The minimum Gasteiger partial charge on any atom is -0.335 e. The molecule has 2 rings (SSSR count). The van der Waals surface area contributed by atoms with E-state index in [0.717, 1.165) is 19.3 Å². The fourth-order valence-electron chi connectivity index (χ4n) is 2.61. The molecule has 0 spiro atoms. The summed E-state index contributed by atoms with van der Waals surface area (Å²) in [6.07, 6.45) is 3.57. The quantitative estimate of drug-likeness (QED) is 0.796. The molecule has 0 N–H and O–H groups in total. The molecule has 1 amide bonds. The zero-order valence-corrected chi connectivity index (χ0v) is 12.5. The van der Waals surface area contributed by atoms with Crippen LogP contribution in [-0.2, 0) is 4.79 Å². The lowest BCUT2D eigenvalue weighted by Crippen LogP contribution is -2.35. The van der Waals surface area contributed by atoms with Gasteiger partial charge in [-0.05, 0) is 30.9 Å². The normalized spacial score (nSPS) is 19.8. The summed E-state index contributed by atoms with van der Waals surface area (Å²) in [6, 6.07) is 6.99. The number of likely N-dealkylation sites (tertiary alicyclic amines) is 1. The highest BCUT2D eigenvalue weighted by molar-refractivity contribution is 6.34. The van der Waals surface area contributed by atoms with Gasteiger partial charge >= 0.3 is 0 Å². The first-order chi connectivity index (χ1) is 9.61. The monoisotopic (exact) mass is 293 g/mol. The van der Waals surface area contributed by atoms with Gasteiger partial charge in [0.05, 0.1) is 11.6 Å². The third-order valence-corrected chi connectivity index (χ3v) is 4.34. The van der Waals surface area contributed by atoms with Crippen molar-refractivity contribution in [3.63, 3.8) is 0 Å². The Morgan fingerprint density at radius 3 is 2.80 bits per heavy atom. The predicted molar refractivity (Wildman–Crippen MR) is 80.0 cm³/mol. The Labute approximate surface area is 124 Å². The third kappa shape index (κ3) is 3.60. The van der Waals surface area contributed by atoms with Crippen LogP contribution in [0.1, 0.15) is 43.0 Å². The topological polar surface area (TPSA) is 37.4 Å². The second-order valence-electron chi connectivity index (χ2n) is 5.32. The minimum atomic E-state index is -0.0844. The van der Waals surface area contributed by atoms with Crippen LogP contribution in [0.3, 0.4) is 0 Å². The number of halogens is 1. The van der Waals surface area contributed by atoms with E-state index >= 15 is 0 Å². The Hall–Kier alpha value is -1.35. The minimum absolute atomic E-state index is 0.0844. The van der Waals surface area contributed by atoms with Gasteiger partial charge in [0.2, 0.25) is 5.91 Å². The van der Waals surface area contributed by atoms with Gasteiger partial charge in [-0.3, -0.25) is 9.59 Å². The molecule has 0 aromatic heterocycles. The second kappa shape index (κ2) is 6.89. The SMILES string of the molecule is CCC1CCC(=O)N(CC(=O)c2ccccc2Cl)CC1. The first-order valence-electron chi connectivity index (χ1n) is 7.17. The van der Waals surface area contributed by atoms with E-state index in [-0.39, 0.29) is 18.2 Å². The molecule has 1 fully saturated rings. The first-order valence-corrected chi connectivity index (χ1v) is 7.55. The summed E-state index contributed by atoms with van der Waals surface area (Å²) in [5.41, 5.74) is 0.498. The number of amides is 1. The van der Waals surface area contributed by atoms with Gasteiger partial charge in [0, 0.05) is 18.5 Å². The fraction of sp³-hybridized carbons (Fsp3) is 0.500. The molecule has 0 bridgehead atoms. The maximum atomic E-state index is 12.3. The summed E-state index contributed by atoms with van der Waals surface area (Å²) in [4.78, 5) is 26.0. The van der Waals surface area contributed by atoms with E-state index in [1.54, 1.807) is 29.2 Å². The Bertz CT molecular complexity index is 501. The molecule has 1 unspecified atom stereocenters. The van der Waals surface area contributed by atoms with E-state index in [2.05, 4.69) is 6.92 Å². The molecule has 1 atom stereocenters. The summed E-state index contributed by atoms with van der Waals surface area (Å²) in [5.74, 6) is 0.597. The highest BCUT2D eigenvalue weighted by Gasteiger charge is 2.24. The predicted octanol–water partition coefficient (Wildman–Crippen LogP) is 3.56. The molecule has 1 heterocycles. The average molecular weight is 294 g/mol. The molecule has 3 nitrogen and oxygen atoms in total. The molecular weight excluding hydrogens is 274 g/mol. The van der Waals surface area contributed by atoms with E-state index in [9.17, 15) is 9.59 Å². The van der Waals surface area contributed by atoms with Crippen LogP contribution in [0.4, 0.5) is 0 Å². The van der Waals surface area contributed by atoms with E-state index < -0.39 is 0 Å². The highest BCUT2D eigenvalue weighted by Crippen LogP contribution is 2.22. The Morgan fingerprint density at radius 2 is 2.10 bits per heavy atom. The number of hydrogen-bond acceptors (Lipinski definition) is 2. The highest BCUT2D eigenvalue weighted by atomic mass is 35.5. The molecule has 1 aromatic carbocycles. The van der Waals surface area contributed by atoms with E-state index in [1.165, 1.54) is 0 Å². The van der Waals surface area contributed by atoms with Crippen molar-refractivity contribution in [1.29, 1.82) is 0 Å². The van der Waals surface area contributed by atoms with Crippen LogP contribution in [0.25, 0.3) is 0 Å². The first kappa shape index (κ1) is 15.0. The molecular formula is C16H20ClNO2. The zero-order valence-electron chi connectivity index (χ0n) is 11.8. The number of hydrogen-bond donors (Lipinski definition) is 0. The number of benzene rings is 1. The van der Waals surface area contributed by atoms with Gasteiger partial charge < -0.3 is 4.90 Å². The van der Waals surface area contributed by atoms with Crippen molar-refractivity contribution in [1.82, 2.24) is 4.90 Å². The van der Waals surface area contributed by atoms with Crippen LogP contribution in [0, 0.1) is 5.92 Å². The Balaban J connectivity index is 2.03. The van der Waals surface area contributed by atoms with Gasteiger partial charge in [0.15, 0.2) is 5.78 Å². The lowest BCUT2D eigenvalue weighted by atomic mass is 9.98. The van der Waals surface area contributed by atoms with Gasteiger partial charge in [0.25, 0.3) is 0 Å². The van der Waals surface area contributed by atoms with E-state index in [4.69, 9.17) is 11.6 Å². The summed E-state index contributed by atoms with van der Waals surface area (Å²) < 4.78 is 0. The third-order valence-electron chi connectivity index (χ3n) is 4.01. The molecule has 4 heteroatoms.